The summed E-state index contributed by atoms with van der Waals surface area (Å²) in [6.07, 6.45) is 18.6. The van der Waals surface area contributed by atoms with Gasteiger partial charge in [-0.05, 0) is 0 Å². The van der Waals surface area contributed by atoms with E-state index in [1.54, 1.807) is 0 Å². The molecule has 1 heteroatoms. The van der Waals surface area contributed by atoms with Crippen molar-refractivity contribution in [1.29, 1.82) is 0 Å². The van der Waals surface area contributed by atoms with Gasteiger partial charge in [-0.3, -0.25) is 12.2 Å². The first kappa shape index (κ1) is 14.8. The minimum absolute atomic E-state index is 0. The molecule has 0 N–H and O–H groups in total. The van der Waals surface area contributed by atoms with Gasteiger partial charge in [-0.2, -0.15) is 12.2 Å². The zero-order valence-corrected chi connectivity index (χ0v) is 12.4. The molecule has 2 rings (SSSR count). The Hall–Kier alpha value is -0.157. The van der Waals surface area contributed by atoms with Crippen molar-refractivity contribution in [3.63, 3.8) is 0 Å². The van der Waals surface area contributed by atoms with Crippen molar-refractivity contribution in [2.24, 2.45) is 10.8 Å². The summed E-state index contributed by atoms with van der Waals surface area (Å²) in [5, 5.41) is 0. The predicted molar refractivity (Wildman–Crippen MR) is 61.5 cm³/mol. The number of hydrogen-bond acceptors (Lipinski definition) is 0. The fourth-order valence-electron chi connectivity index (χ4n) is 1.20. The molecule has 2 aliphatic carbocycles. The molecule has 0 radical (unpaired) electrons. The third kappa shape index (κ3) is 6.10. The van der Waals surface area contributed by atoms with Crippen molar-refractivity contribution in [2.75, 3.05) is 0 Å². The van der Waals surface area contributed by atoms with E-state index in [9.17, 15) is 0 Å². The summed E-state index contributed by atoms with van der Waals surface area (Å²) in [7, 11) is 0. The van der Waals surface area contributed by atoms with Gasteiger partial charge >= 0.3 is 26.2 Å². The van der Waals surface area contributed by atoms with Gasteiger partial charge in [0, 0.05) is 0 Å². The van der Waals surface area contributed by atoms with E-state index in [1.807, 2.05) is 24.3 Å². The van der Waals surface area contributed by atoms with Crippen LogP contribution in [0, 0.1) is 23.0 Å². The van der Waals surface area contributed by atoms with Crippen LogP contribution in [-0.2, 0) is 26.2 Å². The molecule has 0 nitrogen and oxygen atoms in total. The second-order valence-electron chi connectivity index (χ2n) is 4.78. The van der Waals surface area contributed by atoms with Gasteiger partial charge < -0.3 is 0 Å². The van der Waals surface area contributed by atoms with Gasteiger partial charge in [0.1, 0.15) is 0 Å². The molecule has 0 fully saturated rings. The minimum Gasteiger partial charge on any atom is -0.267 e. The standard InChI is InChI=1S/2C7H9.Zr/c2*1-7(2)5-3-4-6-7;/h2*3-5H,1-2H3;/q2*-1;+2. The van der Waals surface area contributed by atoms with E-state index in [-0.39, 0.29) is 37.0 Å². The number of rotatable bonds is 0. The normalized spacial score (nSPS) is 22.1. The van der Waals surface area contributed by atoms with E-state index in [2.05, 4.69) is 52.0 Å². The van der Waals surface area contributed by atoms with E-state index in [0.29, 0.717) is 0 Å². The first-order valence-corrected chi connectivity index (χ1v) is 4.99. The first-order chi connectivity index (χ1) is 6.41. The average molecular weight is 278 g/mol. The molecule has 15 heavy (non-hydrogen) atoms. The Balaban J connectivity index is 0.000000245. The summed E-state index contributed by atoms with van der Waals surface area (Å²) in [6.45, 7) is 8.53. The summed E-state index contributed by atoms with van der Waals surface area (Å²) < 4.78 is 0. The molecule has 0 bridgehead atoms. The van der Waals surface area contributed by atoms with E-state index < -0.39 is 0 Å². The van der Waals surface area contributed by atoms with Crippen LogP contribution in [0.15, 0.2) is 36.5 Å². The van der Waals surface area contributed by atoms with Crippen LogP contribution in [0.5, 0.6) is 0 Å². The molecule has 0 spiro atoms. The van der Waals surface area contributed by atoms with Crippen LogP contribution < -0.4 is 0 Å². The van der Waals surface area contributed by atoms with E-state index in [0.717, 1.165) is 0 Å². The van der Waals surface area contributed by atoms with Gasteiger partial charge in [0.15, 0.2) is 0 Å². The molecule has 0 aromatic heterocycles. The SMILES string of the molecule is CC1(C)[C-]=CC=C1.CC1(C)[C-]=CC=C1.[Zr+2]. The van der Waals surface area contributed by atoms with Gasteiger partial charge in [0.25, 0.3) is 0 Å². The second-order valence-corrected chi connectivity index (χ2v) is 4.78. The summed E-state index contributed by atoms with van der Waals surface area (Å²) in [4.78, 5) is 0. The number of allylic oxidation sites excluding steroid dienone is 8. The maximum absolute atomic E-state index is 3.16. The van der Waals surface area contributed by atoms with Gasteiger partial charge in [-0.15, -0.1) is 0 Å². The molecule has 0 aromatic carbocycles. The van der Waals surface area contributed by atoms with E-state index >= 15 is 0 Å². The largest absolute Gasteiger partial charge is 2.00 e. The van der Waals surface area contributed by atoms with Crippen LogP contribution in [0.3, 0.4) is 0 Å². The Bertz CT molecular complexity index is 241. The maximum Gasteiger partial charge on any atom is 2.00 e. The van der Waals surface area contributed by atoms with Gasteiger partial charge in [-0.1, -0.05) is 38.5 Å². The topological polar surface area (TPSA) is 0 Å². The average Bonchev–Trinajstić information content (AvgIpc) is 2.60. The molecule has 0 aromatic rings. The van der Waals surface area contributed by atoms with Crippen LogP contribution in [0.2, 0.25) is 0 Å². The van der Waals surface area contributed by atoms with Crippen molar-refractivity contribution in [2.45, 2.75) is 27.7 Å². The monoisotopic (exact) mass is 276 g/mol. The summed E-state index contributed by atoms with van der Waals surface area (Å²) in [5.41, 5.74) is 0.417. The van der Waals surface area contributed by atoms with Crippen LogP contribution in [0.4, 0.5) is 0 Å². The Morgan fingerprint density at radius 2 is 1.07 bits per heavy atom. The Morgan fingerprint density at radius 1 is 0.733 bits per heavy atom. The van der Waals surface area contributed by atoms with E-state index in [4.69, 9.17) is 0 Å². The zero-order chi connectivity index (χ0) is 10.7. The Morgan fingerprint density at radius 3 is 1.13 bits per heavy atom. The Kier molecular flexibility index (Phi) is 5.74. The number of hydrogen-bond donors (Lipinski definition) is 0. The molecule has 0 amide bonds. The van der Waals surface area contributed by atoms with Gasteiger partial charge in [0.2, 0.25) is 0 Å². The van der Waals surface area contributed by atoms with Gasteiger partial charge in [-0.25, -0.2) is 24.3 Å². The molecule has 78 valence electrons. The molecular weight excluding hydrogens is 259 g/mol. The summed E-state index contributed by atoms with van der Waals surface area (Å²) in [6, 6.07) is 0. The van der Waals surface area contributed by atoms with Crippen LogP contribution in [-0.4, -0.2) is 0 Å². The van der Waals surface area contributed by atoms with Crippen molar-refractivity contribution in [3.05, 3.63) is 48.6 Å². The summed E-state index contributed by atoms with van der Waals surface area (Å²) >= 11 is 0. The fourth-order valence-corrected chi connectivity index (χ4v) is 1.20. The fraction of sp³-hybridized carbons (Fsp3) is 0.429. The van der Waals surface area contributed by atoms with Crippen LogP contribution in [0.1, 0.15) is 27.7 Å². The predicted octanol–water partition coefficient (Wildman–Crippen LogP) is 3.88. The maximum atomic E-state index is 3.16. The van der Waals surface area contributed by atoms with Gasteiger partial charge in [0.05, 0.1) is 0 Å². The molecule has 0 saturated carbocycles. The third-order valence-electron chi connectivity index (χ3n) is 2.13. The second kappa shape index (κ2) is 5.80. The Labute approximate surface area is 113 Å². The molecular formula is C14H18Zr. The smallest absolute Gasteiger partial charge is 0.267 e. The van der Waals surface area contributed by atoms with Crippen LogP contribution >= 0.6 is 0 Å². The quantitative estimate of drug-likeness (QED) is 0.590. The van der Waals surface area contributed by atoms with E-state index in [1.165, 1.54) is 0 Å². The van der Waals surface area contributed by atoms with Crippen molar-refractivity contribution in [1.82, 2.24) is 0 Å². The minimum atomic E-state index is 0. The molecule has 0 saturated heterocycles. The molecule has 0 unspecified atom stereocenters. The molecule has 0 atom stereocenters. The van der Waals surface area contributed by atoms with Crippen molar-refractivity contribution >= 4 is 0 Å². The molecule has 2 aliphatic rings. The third-order valence-corrected chi connectivity index (χ3v) is 2.13. The molecule has 0 heterocycles. The van der Waals surface area contributed by atoms with Crippen molar-refractivity contribution in [3.8, 4) is 0 Å². The summed E-state index contributed by atoms with van der Waals surface area (Å²) in [5.74, 6) is 0. The zero-order valence-electron chi connectivity index (χ0n) is 9.96. The first-order valence-electron chi connectivity index (χ1n) is 4.99. The molecule has 0 aliphatic heterocycles. The van der Waals surface area contributed by atoms with Crippen LogP contribution in [0.25, 0.3) is 0 Å². The van der Waals surface area contributed by atoms with Crippen molar-refractivity contribution < 1.29 is 26.2 Å².